The largest absolute Gasteiger partial charge is 0.314 e. The summed E-state index contributed by atoms with van der Waals surface area (Å²) in [6.45, 7) is 1.31. The van der Waals surface area contributed by atoms with Crippen molar-refractivity contribution >= 4 is 0 Å². The minimum atomic E-state index is 0.921. The Bertz CT molecular complexity index is 62.2. The Labute approximate surface area is 44.1 Å². The van der Waals surface area contributed by atoms with Crippen LogP contribution >= 0.6 is 0 Å². The Morgan fingerprint density at radius 2 is 2.29 bits per heavy atom. The smallest absolute Gasteiger partial charge is 0.00704 e. The van der Waals surface area contributed by atoms with Crippen LogP contribution in [0, 0.1) is 5.92 Å². The number of hydrogen-bond donors (Lipinski definition) is 1. The second-order valence-electron chi connectivity index (χ2n) is 2.78. The highest BCUT2D eigenvalue weighted by Crippen LogP contribution is 2.29. The maximum Gasteiger partial charge on any atom is 0.00704 e. The molecule has 1 heteroatoms. The molecule has 0 spiro atoms. The summed E-state index contributed by atoms with van der Waals surface area (Å²) in [5.74, 6) is 1.06. The van der Waals surface area contributed by atoms with E-state index in [1.165, 1.54) is 25.8 Å². The van der Waals surface area contributed by atoms with Crippen molar-refractivity contribution in [2.24, 2.45) is 5.92 Å². The molecule has 2 aliphatic rings. The summed E-state index contributed by atoms with van der Waals surface area (Å²) in [5.41, 5.74) is 0. The topological polar surface area (TPSA) is 12.0 Å². The molecular weight excluding hydrogens is 86.1 g/mol. The molecule has 2 fully saturated rings. The molecular formula is C6H11N. The van der Waals surface area contributed by atoms with E-state index in [2.05, 4.69) is 5.32 Å². The highest BCUT2D eigenvalue weighted by atomic mass is 15.0. The minimum absolute atomic E-state index is 0.921. The van der Waals surface area contributed by atoms with Gasteiger partial charge in [-0.2, -0.15) is 0 Å². The molecule has 0 aromatic rings. The Morgan fingerprint density at radius 1 is 1.29 bits per heavy atom. The lowest BCUT2D eigenvalue weighted by Crippen LogP contribution is -2.23. The van der Waals surface area contributed by atoms with E-state index in [1.54, 1.807) is 0 Å². The van der Waals surface area contributed by atoms with E-state index in [1.807, 2.05) is 0 Å². The number of fused-ring (bicyclic) bond motifs is 2. The molecule has 0 radical (unpaired) electrons. The first-order valence-electron chi connectivity index (χ1n) is 3.18. The van der Waals surface area contributed by atoms with Crippen molar-refractivity contribution < 1.29 is 0 Å². The van der Waals surface area contributed by atoms with E-state index in [9.17, 15) is 0 Å². The monoisotopic (exact) mass is 97.1 g/mol. The fourth-order valence-corrected chi connectivity index (χ4v) is 1.78. The SMILES string of the molecule is C1C[C@@H]2C[C@H]1CN2. The van der Waals surface area contributed by atoms with Gasteiger partial charge >= 0.3 is 0 Å². The second-order valence-corrected chi connectivity index (χ2v) is 2.78. The molecule has 0 amide bonds. The highest BCUT2D eigenvalue weighted by molar-refractivity contribution is 4.88. The molecule has 1 aliphatic carbocycles. The zero-order valence-electron chi connectivity index (χ0n) is 4.48. The van der Waals surface area contributed by atoms with E-state index in [0.717, 1.165) is 12.0 Å². The van der Waals surface area contributed by atoms with Gasteiger partial charge in [-0.15, -0.1) is 0 Å². The third-order valence-corrected chi connectivity index (χ3v) is 2.24. The molecule has 7 heavy (non-hydrogen) atoms. The number of nitrogens with one attached hydrogen (secondary N) is 1. The first-order chi connectivity index (χ1) is 3.45. The van der Waals surface area contributed by atoms with Crippen molar-refractivity contribution in [1.82, 2.24) is 5.32 Å². The Balaban J connectivity index is 2.12. The highest BCUT2D eigenvalue weighted by Gasteiger charge is 2.30. The van der Waals surface area contributed by atoms with Crippen molar-refractivity contribution in [2.45, 2.75) is 25.3 Å². The summed E-state index contributed by atoms with van der Waals surface area (Å²) >= 11 is 0. The van der Waals surface area contributed by atoms with E-state index in [4.69, 9.17) is 0 Å². The predicted octanol–water partition coefficient (Wildman–Crippen LogP) is 0.758. The van der Waals surface area contributed by atoms with Crippen LogP contribution in [0.4, 0.5) is 0 Å². The summed E-state index contributed by atoms with van der Waals surface area (Å²) in [6.07, 6.45) is 4.42. The molecule has 2 atom stereocenters. The van der Waals surface area contributed by atoms with Gasteiger partial charge in [0.15, 0.2) is 0 Å². The molecule has 1 aliphatic heterocycles. The number of rotatable bonds is 0. The quantitative estimate of drug-likeness (QED) is 0.470. The molecule has 2 bridgehead atoms. The van der Waals surface area contributed by atoms with Crippen LogP contribution < -0.4 is 5.32 Å². The number of hydrogen-bond acceptors (Lipinski definition) is 1. The van der Waals surface area contributed by atoms with Gasteiger partial charge in [0, 0.05) is 6.04 Å². The third-order valence-electron chi connectivity index (χ3n) is 2.24. The zero-order chi connectivity index (χ0) is 4.69. The molecule has 0 unspecified atom stereocenters. The summed E-state index contributed by atoms with van der Waals surface area (Å²) in [6, 6.07) is 0.921. The maximum atomic E-state index is 3.46. The van der Waals surface area contributed by atoms with E-state index in [0.29, 0.717) is 0 Å². The molecule has 1 nitrogen and oxygen atoms in total. The molecule has 1 N–H and O–H groups in total. The van der Waals surface area contributed by atoms with Gasteiger partial charge in [0.25, 0.3) is 0 Å². The van der Waals surface area contributed by atoms with Crippen molar-refractivity contribution in [3.63, 3.8) is 0 Å². The summed E-state index contributed by atoms with van der Waals surface area (Å²) in [4.78, 5) is 0. The Kier molecular flexibility index (Phi) is 0.680. The van der Waals surface area contributed by atoms with Gasteiger partial charge in [-0.05, 0) is 31.7 Å². The second kappa shape index (κ2) is 1.22. The first kappa shape index (κ1) is 3.90. The van der Waals surface area contributed by atoms with Crippen LogP contribution in [0.3, 0.4) is 0 Å². The van der Waals surface area contributed by atoms with E-state index < -0.39 is 0 Å². The standard InChI is InChI=1S/C6H11N/c1-2-6-3-5(1)4-7-6/h5-7H,1-4H2/t5-,6+/m0/s1. The lowest BCUT2D eigenvalue weighted by atomic mass is 10.1. The third kappa shape index (κ3) is 0.480. The first-order valence-corrected chi connectivity index (χ1v) is 3.18. The van der Waals surface area contributed by atoms with Crippen LogP contribution in [0.1, 0.15) is 19.3 Å². The average Bonchev–Trinajstić information content (AvgIpc) is 2.22. The molecule has 1 heterocycles. The van der Waals surface area contributed by atoms with E-state index in [-0.39, 0.29) is 0 Å². The Morgan fingerprint density at radius 3 is 2.43 bits per heavy atom. The van der Waals surface area contributed by atoms with Crippen molar-refractivity contribution in [3.8, 4) is 0 Å². The van der Waals surface area contributed by atoms with Crippen molar-refractivity contribution in [3.05, 3.63) is 0 Å². The molecule has 0 aromatic heterocycles. The van der Waals surface area contributed by atoms with Gasteiger partial charge in [-0.3, -0.25) is 0 Å². The molecule has 2 rings (SSSR count). The van der Waals surface area contributed by atoms with Gasteiger partial charge in [0.2, 0.25) is 0 Å². The van der Waals surface area contributed by atoms with Gasteiger partial charge < -0.3 is 5.32 Å². The minimum Gasteiger partial charge on any atom is -0.314 e. The fraction of sp³-hybridized carbons (Fsp3) is 1.00. The zero-order valence-corrected chi connectivity index (χ0v) is 4.48. The lowest BCUT2D eigenvalue weighted by Gasteiger charge is -2.08. The van der Waals surface area contributed by atoms with Crippen LogP contribution in [0.15, 0.2) is 0 Å². The van der Waals surface area contributed by atoms with Crippen molar-refractivity contribution in [2.75, 3.05) is 6.54 Å². The van der Waals surface area contributed by atoms with Crippen LogP contribution in [-0.4, -0.2) is 12.6 Å². The summed E-state index contributed by atoms with van der Waals surface area (Å²) < 4.78 is 0. The van der Waals surface area contributed by atoms with E-state index >= 15 is 0 Å². The molecule has 1 saturated carbocycles. The fourth-order valence-electron chi connectivity index (χ4n) is 1.78. The van der Waals surface area contributed by atoms with Crippen LogP contribution in [-0.2, 0) is 0 Å². The van der Waals surface area contributed by atoms with Gasteiger partial charge in [-0.1, -0.05) is 0 Å². The molecule has 0 aromatic carbocycles. The summed E-state index contributed by atoms with van der Waals surface area (Å²) in [5, 5.41) is 3.46. The maximum absolute atomic E-state index is 3.46. The van der Waals surface area contributed by atoms with Crippen LogP contribution in [0.2, 0.25) is 0 Å². The lowest BCUT2D eigenvalue weighted by molar-refractivity contribution is 0.504. The normalized spacial score (nSPS) is 48.0. The average molecular weight is 97.2 g/mol. The summed E-state index contributed by atoms with van der Waals surface area (Å²) in [7, 11) is 0. The van der Waals surface area contributed by atoms with Gasteiger partial charge in [-0.25, -0.2) is 0 Å². The van der Waals surface area contributed by atoms with Gasteiger partial charge in [0.1, 0.15) is 0 Å². The van der Waals surface area contributed by atoms with Gasteiger partial charge in [0.05, 0.1) is 0 Å². The number of piperidine rings is 1. The van der Waals surface area contributed by atoms with Crippen molar-refractivity contribution in [1.29, 1.82) is 0 Å². The molecule has 1 saturated heterocycles. The molecule has 40 valence electrons. The Hall–Kier alpha value is -0.0400. The van der Waals surface area contributed by atoms with Crippen LogP contribution in [0.5, 0.6) is 0 Å². The van der Waals surface area contributed by atoms with Crippen LogP contribution in [0.25, 0.3) is 0 Å². The predicted molar refractivity (Wildman–Crippen MR) is 29.1 cm³/mol.